The van der Waals surface area contributed by atoms with Crippen LogP contribution in [0.4, 0.5) is 5.69 Å². The zero-order chi connectivity index (χ0) is 24.7. The number of carbonyl (C=O) groups excluding carboxylic acids is 2. The zero-order valence-electron chi connectivity index (χ0n) is 18.8. The first-order chi connectivity index (χ1) is 16.3. The van der Waals surface area contributed by atoms with Crippen molar-refractivity contribution in [3.63, 3.8) is 0 Å². The van der Waals surface area contributed by atoms with Crippen LogP contribution in [-0.4, -0.2) is 25.1 Å². The van der Waals surface area contributed by atoms with E-state index in [0.717, 1.165) is 16.7 Å². The predicted octanol–water partition coefficient (Wildman–Crippen LogP) is 5.29. The first-order valence-electron chi connectivity index (χ1n) is 10.2. The minimum atomic E-state index is -0.884. The van der Waals surface area contributed by atoms with E-state index < -0.39 is 11.8 Å². The van der Waals surface area contributed by atoms with Crippen molar-refractivity contribution >= 4 is 46.9 Å². The van der Waals surface area contributed by atoms with Crippen molar-refractivity contribution in [1.29, 1.82) is 0 Å². The van der Waals surface area contributed by atoms with Crippen LogP contribution in [0.5, 0.6) is 11.5 Å². The summed E-state index contributed by atoms with van der Waals surface area (Å²) in [6.07, 6.45) is 1.42. The largest absolute Gasteiger partial charge is 0.496 e. The van der Waals surface area contributed by atoms with Gasteiger partial charge in [0.05, 0.1) is 18.3 Å². The lowest BCUT2D eigenvalue weighted by Crippen LogP contribution is -2.32. The Kier molecular flexibility index (Phi) is 8.51. The number of rotatable bonds is 7. The quantitative estimate of drug-likeness (QED) is 0.262. The Labute approximate surface area is 207 Å². The molecule has 0 unspecified atom stereocenters. The molecule has 0 bridgehead atoms. The lowest BCUT2D eigenvalue weighted by Gasteiger charge is -2.12. The highest BCUT2D eigenvalue weighted by molar-refractivity contribution is 6.39. The van der Waals surface area contributed by atoms with Crippen LogP contribution in [-0.2, 0) is 16.2 Å². The summed E-state index contributed by atoms with van der Waals surface area (Å²) in [4.78, 5) is 24.2. The Balaban J connectivity index is 1.62. The monoisotopic (exact) mass is 499 g/mol. The molecule has 0 aliphatic rings. The standard InChI is InChI=1S/C25H23Cl2N3O4/c1-15-4-7-21(16(2)10-15)29-24(31)25(32)30-28-13-17-5-8-22(33-3)18(11-17)14-34-23-9-6-19(26)12-20(23)27/h4-13H,14H2,1-3H3,(H,29,31)(H,30,32)/b28-13+. The molecule has 0 radical (unpaired) electrons. The maximum absolute atomic E-state index is 12.1. The first kappa shape index (κ1) is 25.1. The van der Waals surface area contributed by atoms with Gasteiger partial charge in [0, 0.05) is 16.3 Å². The average Bonchev–Trinajstić information content (AvgIpc) is 2.80. The van der Waals surface area contributed by atoms with Crippen LogP contribution >= 0.6 is 23.2 Å². The van der Waals surface area contributed by atoms with E-state index in [1.807, 2.05) is 26.0 Å². The summed E-state index contributed by atoms with van der Waals surface area (Å²) >= 11 is 12.1. The van der Waals surface area contributed by atoms with Crippen molar-refractivity contribution < 1.29 is 19.1 Å². The van der Waals surface area contributed by atoms with Gasteiger partial charge in [0.15, 0.2) is 0 Å². The number of halogens is 2. The molecule has 7 nitrogen and oxygen atoms in total. The van der Waals surface area contributed by atoms with E-state index >= 15 is 0 Å². The fraction of sp³-hybridized carbons (Fsp3) is 0.160. The third-order valence-electron chi connectivity index (χ3n) is 4.80. The fourth-order valence-electron chi connectivity index (χ4n) is 3.09. The number of aryl methyl sites for hydroxylation is 2. The van der Waals surface area contributed by atoms with Crippen LogP contribution in [0.15, 0.2) is 59.7 Å². The lowest BCUT2D eigenvalue weighted by atomic mass is 10.1. The maximum atomic E-state index is 12.1. The number of nitrogens with zero attached hydrogens (tertiary/aromatic N) is 1. The molecule has 0 saturated heterocycles. The molecule has 3 aromatic carbocycles. The van der Waals surface area contributed by atoms with Crippen LogP contribution in [0.3, 0.4) is 0 Å². The Bertz CT molecular complexity index is 1240. The van der Waals surface area contributed by atoms with Gasteiger partial charge in [-0.2, -0.15) is 5.10 Å². The van der Waals surface area contributed by atoms with E-state index in [-0.39, 0.29) is 6.61 Å². The van der Waals surface area contributed by atoms with Crippen LogP contribution in [0.25, 0.3) is 0 Å². The molecule has 0 heterocycles. The van der Waals surface area contributed by atoms with Crippen LogP contribution in [0, 0.1) is 13.8 Å². The van der Waals surface area contributed by atoms with E-state index in [4.69, 9.17) is 32.7 Å². The minimum absolute atomic E-state index is 0.177. The maximum Gasteiger partial charge on any atom is 0.329 e. The van der Waals surface area contributed by atoms with Crippen LogP contribution in [0.2, 0.25) is 10.0 Å². The molecule has 9 heteroatoms. The molecular weight excluding hydrogens is 477 g/mol. The topological polar surface area (TPSA) is 89.0 Å². The van der Waals surface area contributed by atoms with E-state index in [9.17, 15) is 9.59 Å². The highest BCUT2D eigenvalue weighted by Gasteiger charge is 2.14. The summed E-state index contributed by atoms with van der Waals surface area (Å²) in [5.41, 5.74) is 6.11. The summed E-state index contributed by atoms with van der Waals surface area (Å²) in [6, 6.07) is 15.8. The fourth-order valence-corrected chi connectivity index (χ4v) is 3.55. The number of nitrogens with one attached hydrogen (secondary N) is 2. The summed E-state index contributed by atoms with van der Waals surface area (Å²) in [5, 5.41) is 7.36. The second kappa shape index (κ2) is 11.5. The summed E-state index contributed by atoms with van der Waals surface area (Å²) in [7, 11) is 1.55. The molecule has 3 rings (SSSR count). The molecule has 2 N–H and O–H groups in total. The van der Waals surface area contributed by atoms with E-state index in [2.05, 4.69) is 15.8 Å². The van der Waals surface area contributed by atoms with Gasteiger partial charge in [-0.3, -0.25) is 9.59 Å². The third kappa shape index (κ3) is 6.73. The molecule has 0 spiro atoms. The Morgan fingerprint density at radius 1 is 0.971 bits per heavy atom. The number of ether oxygens (including phenoxy) is 2. The van der Waals surface area contributed by atoms with E-state index in [1.165, 1.54) is 6.21 Å². The summed E-state index contributed by atoms with van der Waals surface area (Å²) in [6.45, 7) is 3.98. The number of carbonyl (C=O) groups is 2. The van der Waals surface area contributed by atoms with E-state index in [0.29, 0.717) is 32.8 Å². The molecule has 0 saturated carbocycles. The van der Waals surface area contributed by atoms with E-state index in [1.54, 1.807) is 49.6 Å². The lowest BCUT2D eigenvalue weighted by molar-refractivity contribution is -0.136. The van der Waals surface area contributed by atoms with Gasteiger partial charge in [0.1, 0.15) is 18.1 Å². The van der Waals surface area contributed by atoms with Gasteiger partial charge in [-0.15, -0.1) is 0 Å². The van der Waals surface area contributed by atoms with Crippen molar-refractivity contribution in [1.82, 2.24) is 5.43 Å². The van der Waals surface area contributed by atoms with Gasteiger partial charge in [0.2, 0.25) is 0 Å². The molecule has 3 aromatic rings. The van der Waals surface area contributed by atoms with Crippen LogP contribution in [0.1, 0.15) is 22.3 Å². The van der Waals surface area contributed by atoms with Crippen molar-refractivity contribution in [2.75, 3.05) is 12.4 Å². The van der Waals surface area contributed by atoms with Crippen LogP contribution < -0.4 is 20.2 Å². The average molecular weight is 500 g/mol. The molecule has 0 aromatic heterocycles. The Morgan fingerprint density at radius 2 is 1.74 bits per heavy atom. The smallest absolute Gasteiger partial charge is 0.329 e. The van der Waals surface area contributed by atoms with Crippen molar-refractivity contribution in [2.24, 2.45) is 5.10 Å². The zero-order valence-corrected chi connectivity index (χ0v) is 20.3. The number of methoxy groups -OCH3 is 1. The molecule has 176 valence electrons. The second-order valence-corrected chi connectivity index (χ2v) is 8.25. The molecule has 34 heavy (non-hydrogen) atoms. The molecule has 0 aliphatic carbocycles. The highest BCUT2D eigenvalue weighted by Crippen LogP contribution is 2.29. The Morgan fingerprint density at radius 3 is 2.44 bits per heavy atom. The molecule has 0 atom stereocenters. The van der Waals surface area contributed by atoms with Gasteiger partial charge in [-0.05, 0) is 67.4 Å². The first-order valence-corrected chi connectivity index (χ1v) is 11.0. The summed E-state index contributed by atoms with van der Waals surface area (Å²) < 4.78 is 11.2. The van der Waals surface area contributed by atoms with Crippen molar-refractivity contribution in [3.8, 4) is 11.5 Å². The summed E-state index contributed by atoms with van der Waals surface area (Å²) in [5.74, 6) is -0.605. The number of amides is 2. The van der Waals surface area contributed by atoms with Gasteiger partial charge in [0.25, 0.3) is 0 Å². The van der Waals surface area contributed by atoms with Gasteiger partial charge < -0.3 is 14.8 Å². The second-order valence-electron chi connectivity index (χ2n) is 7.41. The minimum Gasteiger partial charge on any atom is -0.496 e. The molecule has 0 aliphatic heterocycles. The molecule has 0 fully saturated rings. The highest BCUT2D eigenvalue weighted by atomic mass is 35.5. The van der Waals surface area contributed by atoms with Crippen molar-refractivity contribution in [3.05, 3.63) is 86.9 Å². The number of hydrogen-bond donors (Lipinski definition) is 2. The predicted molar refractivity (Wildman–Crippen MR) is 134 cm³/mol. The van der Waals surface area contributed by atoms with Gasteiger partial charge in [-0.1, -0.05) is 40.9 Å². The number of hydrogen-bond acceptors (Lipinski definition) is 5. The SMILES string of the molecule is COc1ccc(/C=N/NC(=O)C(=O)Nc2ccc(C)cc2C)cc1COc1ccc(Cl)cc1Cl. The third-order valence-corrected chi connectivity index (χ3v) is 5.33. The van der Waals surface area contributed by atoms with Crippen molar-refractivity contribution in [2.45, 2.75) is 20.5 Å². The van der Waals surface area contributed by atoms with Gasteiger partial charge >= 0.3 is 11.8 Å². The van der Waals surface area contributed by atoms with Gasteiger partial charge in [-0.25, -0.2) is 5.43 Å². The number of benzene rings is 3. The Hall–Kier alpha value is -3.55. The normalized spacial score (nSPS) is 10.7. The molecule has 2 amide bonds. The number of hydrazone groups is 1. The molecular formula is C25H23Cl2N3O4. The number of anilines is 1.